The van der Waals surface area contributed by atoms with Crippen molar-refractivity contribution in [3.05, 3.63) is 23.8 Å². The number of nitrogens with one attached hydrogen (secondary N) is 1. The highest BCUT2D eigenvalue weighted by atomic mass is 16.3. The lowest BCUT2D eigenvalue weighted by atomic mass is 10.2. The fraction of sp³-hybridized carbons (Fsp3) is 0.600. The van der Waals surface area contributed by atoms with Crippen molar-refractivity contribution < 1.29 is 10.2 Å². The molecule has 1 aromatic rings. The lowest BCUT2D eigenvalue weighted by Gasteiger charge is -2.30. The minimum Gasteiger partial charge on any atom is -0.508 e. The number of aromatic hydroxyl groups is 2. The highest BCUT2D eigenvalue weighted by Crippen LogP contribution is 2.22. The molecule has 108 valence electrons. The topological polar surface area (TPSA) is 55.7 Å². The van der Waals surface area contributed by atoms with Crippen molar-refractivity contribution in [2.75, 3.05) is 13.1 Å². The Morgan fingerprint density at radius 2 is 1.74 bits per heavy atom. The summed E-state index contributed by atoms with van der Waals surface area (Å²) in [5, 5.41) is 22.2. The maximum Gasteiger partial charge on any atom is 0.123 e. The van der Waals surface area contributed by atoms with Gasteiger partial charge in [-0.15, -0.1) is 0 Å². The Kier molecular flexibility index (Phi) is 6.12. The molecule has 0 spiro atoms. The van der Waals surface area contributed by atoms with E-state index >= 15 is 0 Å². The van der Waals surface area contributed by atoms with Gasteiger partial charge in [-0.25, -0.2) is 0 Å². The number of hydrogen-bond acceptors (Lipinski definition) is 4. The van der Waals surface area contributed by atoms with Gasteiger partial charge in [-0.1, -0.05) is 6.07 Å². The molecule has 0 saturated carbocycles. The van der Waals surface area contributed by atoms with Gasteiger partial charge in [0.25, 0.3) is 0 Å². The lowest BCUT2D eigenvalue weighted by Crippen LogP contribution is -2.41. The van der Waals surface area contributed by atoms with E-state index in [1.807, 2.05) is 0 Å². The van der Waals surface area contributed by atoms with Crippen LogP contribution in [0.15, 0.2) is 18.2 Å². The predicted molar refractivity (Wildman–Crippen MR) is 78.5 cm³/mol. The van der Waals surface area contributed by atoms with E-state index in [-0.39, 0.29) is 11.5 Å². The first-order chi connectivity index (χ1) is 8.91. The number of phenols is 2. The van der Waals surface area contributed by atoms with Crippen molar-refractivity contribution in [1.82, 2.24) is 10.2 Å². The van der Waals surface area contributed by atoms with Gasteiger partial charge in [0.2, 0.25) is 0 Å². The first-order valence-corrected chi connectivity index (χ1v) is 6.89. The molecule has 4 nitrogen and oxygen atoms in total. The van der Waals surface area contributed by atoms with Gasteiger partial charge >= 0.3 is 0 Å². The van der Waals surface area contributed by atoms with Crippen molar-refractivity contribution in [3.63, 3.8) is 0 Å². The molecule has 0 saturated heterocycles. The van der Waals surface area contributed by atoms with Crippen LogP contribution in [-0.2, 0) is 6.54 Å². The summed E-state index contributed by atoms with van der Waals surface area (Å²) in [4.78, 5) is 2.42. The second kappa shape index (κ2) is 7.36. The average Bonchev–Trinajstić information content (AvgIpc) is 2.30. The molecule has 1 rings (SSSR count). The van der Waals surface area contributed by atoms with E-state index in [9.17, 15) is 10.2 Å². The molecular formula is C15H26N2O2. The van der Waals surface area contributed by atoms with E-state index in [1.54, 1.807) is 12.1 Å². The predicted octanol–water partition coefficient (Wildman–Crippen LogP) is 2.31. The zero-order chi connectivity index (χ0) is 14.4. The van der Waals surface area contributed by atoms with Crippen LogP contribution in [0.25, 0.3) is 0 Å². The van der Waals surface area contributed by atoms with Crippen LogP contribution in [0.4, 0.5) is 0 Å². The highest BCUT2D eigenvalue weighted by Gasteiger charge is 2.12. The maximum absolute atomic E-state index is 9.67. The highest BCUT2D eigenvalue weighted by molar-refractivity contribution is 5.38. The average molecular weight is 266 g/mol. The largest absolute Gasteiger partial charge is 0.508 e. The molecule has 0 aliphatic rings. The quantitative estimate of drug-likeness (QED) is 0.663. The Balaban J connectivity index is 2.38. The number of phenolic OH excluding ortho intramolecular Hbond substituents is 2. The molecule has 0 aliphatic heterocycles. The molecule has 19 heavy (non-hydrogen) atoms. The summed E-state index contributed by atoms with van der Waals surface area (Å²) in [6.07, 6.45) is 0. The van der Waals surface area contributed by atoms with Gasteiger partial charge in [0.05, 0.1) is 0 Å². The number of benzene rings is 1. The van der Waals surface area contributed by atoms with Crippen molar-refractivity contribution in [3.8, 4) is 11.5 Å². The van der Waals surface area contributed by atoms with Crippen molar-refractivity contribution >= 4 is 0 Å². The van der Waals surface area contributed by atoms with E-state index in [0.29, 0.717) is 18.6 Å². The SMILES string of the molecule is CC(C)N(CCNCc1ccc(O)cc1O)C(C)C. The molecule has 3 N–H and O–H groups in total. The minimum absolute atomic E-state index is 0.0899. The Morgan fingerprint density at radius 1 is 1.11 bits per heavy atom. The van der Waals surface area contributed by atoms with Gasteiger partial charge < -0.3 is 15.5 Å². The van der Waals surface area contributed by atoms with E-state index < -0.39 is 0 Å². The lowest BCUT2D eigenvalue weighted by molar-refractivity contribution is 0.175. The van der Waals surface area contributed by atoms with Crippen LogP contribution < -0.4 is 5.32 Å². The molecular weight excluding hydrogens is 240 g/mol. The van der Waals surface area contributed by atoms with Gasteiger partial charge in [-0.2, -0.15) is 0 Å². The second-order valence-electron chi connectivity index (χ2n) is 5.42. The van der Waals surface area contributed by atoms with Gasteiger partial charge in [0.15, 0.2) is 0 Å². The zero-order valence-corrected chi connectivity index (χ0v) is 12.3. The van der Waals surface area contributed by atoms with E-state index in [2.05, 4.69) is 37.9 Å². The van der Waals surface area contributed by atoms with Crippen LogP contribution >= 0.6 is 0 Å². The van der Waals surface area contributed by atoms with Crippen LogP contribution in [0.5, 0.6) is 11.5 Å². The molecule has 0 unspecified atom stereocenters. The van der Waals surface area contributed by atoms with E-state index in [0.717, 1.165) is 18.7 Å². The third kappa shape index (κ3) is 5.09. The van der Waals surface area contributed by atoms with Crippen LogP contribution in [0.2, 0.25) is 0 Å². The maximum atomic E-state index is 9.67. The van der Waals surface area contributed by atoms with E-state index in [4.69, 9.17) is 0 Å². The normalized spacial score (nSPS) is 11.7. The number of nitrogens with zero attached hydrogens (tertiary/aromatic N) is 1. The molecule has 0 radical (unpaired) electrons. The first-order valence-electron chi connectivity index (χ1n) is 6.89. The van der Waals surface area contributed by atoms with Crippen LogP contribution in [-0.4, -0.2) is 40.3 Å². The van der Waals surface area contributed by atoms with Gasteiger partial charge in [-0.3, -0.25) is 4.90 Å². The summed E-state index contributed by atoms with van der Waals surface area (Å²) >= 11 is 0. The summed E-state index contributed by atoms with van der Waals surface area (Å²) in [6.45, 7) is 11.3. The fourth-order valence-corrected chi connectivity index (χ4v) is 2.25. The van der Waals surface area contributed by atoms with Crippen molar-refractivity contribution in [2.24, 2.45) is 0 Å². The smallest absolute Gasteiger partial charge is 0.123 e. The van der Waals surface area contributed by atoms with E-state index in [1.165, 1.54) is 6.07 Å². The molecule has 0 atom stereocenters. The molecule has 0 bridgehead atoms. The van der Waals surface area contributed by atoms with Crippen molar-refractivity contribution in [1.29, 1.82) is 0 Å². The molecule has 1 aromatic carbocycles. The summed E-state index contributed by atoms with van der Waals surface area (Å²) in [5.74, 6) is 0.226. The summed E-state index contributed by atoms with van der Waals surface area (Å²) in [7, 11) is 0. The molecule has 0 amide bonds. The molecule has 0 aliphatic carbocycles. The Labute approximate surface area is 116 Å². The summed E-state index contributed by atoms with van der Waals surface area (Å²) < 4.78 is 0. The van der Waals surface area contributed by atoms with Crippen LogP contribution in [0, 0.1) is 0 Å². The molecule has 4 heteroatoms. The Bertz CT molecular complexity index is 384. The number of hydrogen-bond donors (Lipinski definition) is 3. The first kappa shape index (κ1) is 15.8. The van der Waals surface area contributed by atoms with Crippen molar-refractivity contribution in [2.45, 2.75) is 46.3 Å². The van der Waals surface area contributed by atoms with Gasteiger partial charge in [-0.05, 0) is 33.8 Å². The number of rotatable bonds is 7. The molecule has 0 fully saturated rings. The van der Waals surface area contributed by atoms with Gasteiger partial charge in [0, 0.05) is 43.3 Å². The Morgan fingerprint density at radius 3 is 2.26 bits per heavy atom. The third-order valence-electron chi connectivity index (χ3n) is 3.26. The Hall–Kier alpha value is -1.26. The van der Waals surface area contributed by atoms with Gasteiger partial charge in [0.1, 0.15) is 11.5 Å². The standard InChI is InChI=1S/C15H26N2O2/c1-11(2)17(12(3)4)8-7-16-10-13-5-6-14(18)9-15(13)19/h5-6,9,11-12,16,18-19H,7-8,10H2,1-4H3. The molecule has 0 heterocycles. The minimum atomic E-state index is 0.0899. The molecule has 0 aromatic heterocycles. The second-order valence-corrected chi connectivity index (χ2v) is 5.42. The zero-order valence-electron chi connectivity index (χ0n) is 12.3. The summed E-state index contributed by atoms with van der Waals surface area (Å²) in [6, 6.07) is 5.75. The third-order valence-corrected chi connectivity index (χ3v) is 3.26. The summed E-state index contributed by atoms with van der Waals surface area (Å²) in [5.41, 5.74) is 0.804. The van der Waals surface area contributed by atoms with Crippen LogP contribution in [0.3, 0.4) is 0 Å². The van der Waals surface area contributed by atoms with Crippen LogP contribution in [0.1, 0.15) is 33.3 Å². The fourth-order valence-electron chi connectivity index (χ4n) is 2.25. The monoisotopic (exact) mass is 266 g/mol.